The minimum Gasteiger partial charge on any atom is -0.473 e. The van der Waals surface area contributed by atoms with E-state index in [1.165, 1.54) is 29.7 Å². The second-order valence-electron chi connectivity index (χ2n) is 8.94. The molecule has 0 amide bonds. The number of hydrogen-bond donors (Lipinski definition) is 0. The lowest BCUT2D eigenvalue weighted by Crippen LogP contribution is -2.21. The summed E-state index contributed by atoms with van der Waals surface area (Å²) in [4.78, 5) is 4.46. The van der Waals surface area contributed by atoms with Crippen molar-refractivity contribution in [2.45, 2.75) is 44.1 Å². The minimum atomic E-state index is -4.43. The molecule has 3 aromatic rings. The molecule has 0 radical (unpaired) electrons. The molecule has 3 unspecified atom stereocenters. The molecule has 1 aliphatic heterocycles. The summed E-state index contributed by atoms with van der Waals surface area (Å²) in [6.07, 6.45) is -0.178. The van der Waals surface area contributed by atoms with Crippen LogP contribution in [0.5, 0.6) is 5.88 Å². The topological polar surface area (TPSA) is 31.4 Å². The number of benzene rings is 2. The summed E-state index contributed by atoms with van der Waals surface area (Å²) < 4.78 is 52.6. The van der Waals surface area contributed by atoms with Crippen molar-refractivity contribution in [1.82, 2.24) is 4.98 Å². The average molecular weight is 437 g/mol. The molecule has 6 heteroatoms. The Kier molecular flexibility index (Phi) is 4.54. The summed E-state index contributed by atoms with van der Waals surface area (Å²) >= 11 is 0. The smallest absolute Gasteiger partial charge is 0.416 e. The van der Waals surface area contributed by atoms with Crippen LogP contribution >= 0.6 is 0 Å². The molecule has 164 valence electrons. The fourth-order valence-electron chi connectivity index (χ4n) is 5.19. The standard InChI is InChI=1S/C26H22F3NO2/c27-26(28,29)23-4-2-1-3-19(23)25-21-9-15(5-6-16(21)7-8-31-25)14-32-24-12-18-10-17-11-20(17)22(18)13-30-24/h1-6,9,12-13,17,20,25H,7-8,10-11,14H2. The van der Waals surface area contributed by atoms with E-state index in [-0.39, 0.29) is 5.56 Å². The molecular formula is C26H22F3NO2. The number of halogens is 3. The lowest BCUT2D eigenvalue weighted by molar-refractivity contribution is -0.139. The maximum Gasteiger partial charge on any atom is 0.416 e. The van der Waals surface area contributed by atoms with Crippen molar-refractivity contribution in [3.63, 3.8) is 0 Å². The van der Waals surface area contributed by atoms with Gasteiger partial charge in [-0.3, -0.25) is 0 Å². The van der Waals surface area contributed by atoms with Gasteiger partial charge in [0.15, 0.2) is 0 Å². The Morgan fingerprint density at radius 2 is 1.88 bits per heavy atom. The predicted molar refractivity (Wildman–Crippen MR) is 113 cm³/mol. The maximum atomic E-state index is 13.6. The summed E-state index contributed by atoms with van der Waals surface area (Å²) in [5.74, 6) is 2.08. The third-order valence-corrected chi connectivity index (χ3v) is 6.89. The largest absolute Gasteiger partial charge is 0.473 e. The number of rotatable bonds is 4. The van der Waals surface area contributed by atoms with E-state index in [1.54, 1.807) is 6.07 Å². The predicted octanol–water partition coefficient (Wildman–Crippen LogP) is 6.00. The first-order valence-electron chi connectivity index (χ1n) is 11.0. The van der Waals surface area contributed by atoms with Gasteiger partial charge in [-0.15, -0.1) is 0 Å². The van der Waals surface area contributed by atoms with Gasteiger partial charge in [0.2, 0.25) is 5.88 Å². The van der Waals surface area contributed by atoms with Gasteiger partial charge in [-0.05, 0) is 76.6 Å². The second kappa shape index (κ2) is 7.34. The fourth-order valence-corrected chi connectivity index (χ4v) is 5.19. The van der Waals surface area contributed by atoms with E-state index in [9.17, 15) is 13.2 Å². The zero-order valence-electron chi connectivity index (χ0n) is 17.4. The van der Waals surface area contributed by atoms with Crippen LogP contribution in [-0.2, 0) is 30.4 Å². The maximum absolute atomic E-state index is 13.6. The van der Waals surface area contributed by atoms with E-state index in [4.69, 9.17) is 9.47 Å². The van der Waals surface area contributed by atoms with Crippen molar-refractivity contribution in [2.75, 3.05) is 6.61 Å². The second-order valence-corrected chi connectivity index (χ2v) is 8.94. The number of ether oxygens (including phenoxy) is 2. The van der Waals surface area contributed by atoms with Gasteiger partial charge < -0.3 is 9.47 Å². The van der Waals surface area contributed by atoms with E-state index in [1.807, 2.05) is 30.5 Å². The zero-order chi connectivity index (χ0) is 21.9. The van der Waals surface area contributed by atoms with E-state index >= 15 is 0 Å². The molecule has 6 rings (SSSR count). The first-order chi connectivity index (χ1) is 15.5. The molecule has 0 spiro atoms. The Hall–Kier alpha value is -2.86. The van der Waals surface area contributed by atoms with Crippen molar-refractivity contribution in [3.05, 3.63) is 93.7 Å². The number of alkyl halides is 3. The number of hydrogen-bond acceptors (Lipinski definition) is 3. The molecule has 3 aliphatic rings. The molecule has 0 N–H and O–H groups in total. The van der Waals surface area contributed by atoms with E-state index in [2.05, 4.69) is 4.98 Å². The van der Waals surface area contributed by atoms with Crippen LogP contribution in [0.15, 0.2) is 54.7 Å². The Morgan fingerprint density at radius 1 is 1.00 bits per heavy atom. The van der Waals surface area contributed by atoms with E-state index in [0.717, 1.165) is 35.1 Å². The van der Waals surface area contributed by atoms with Gasteiger partial charge in [-0.1, -0.05) is 30.3 Å². The number of pyridine rings is 1. The molecular weight excluding hydrogens is 415 g/mol. The number of aromatic nitrogens is 1. The third-order valence-electron chi connectivity index (χ3n) is 6.89. The summed E-state index contributed by atoms with van der Waals surface area (Å²) in [6.45, 7) is 0.695. The van der Waals surface area contributed by atoms with Crippen molar-refractivity contribution in [1.29, 1.82) is 0 Å². The van der Waals surface area contributed by atoms with Crippen LogP contribution in [0.1, 0.15) is 57.4 Å². The molecule has 0 bridgehead atoms. The van der Waals surface area contributed by atoms with Gasteiger partial charge in [0, 0.05) is 12.3 Å². The first-order valence-corrected chi connectivity index (χ1v) is 11.0. The van der Waals surface area contributed by atoms with Crippen LogP contribution < -0.4 is 4.74 Å². The average Bonchev–Trinajstić information content (AvgIpc) is 3.47. The molecule has 32 heavy (non-hydrogen) atoms. The Balaban J connectivity index is 1.26. The highest BCUT2D eigenvalue weighted by molar-refractivity contribution is 5.44. The summed E-state index contributed by atoms with van der Waals surface area (Å²) in [6, 6.07) is 13.5. The van der Waals surface area contributed by atoms with Gasteiger partial charge in [0.05, 0.1) is 12.2 Å². The van der Waals surface area contributed by atoms with Crippen LogP contribution in [-0.4, -0.2) is 11.6 Å². The molecule has 1 aromatic heterocycles. The Morgan fingerprint density at radius 3 is 2.75 bits per heavy atom. The highest BCUT2D eigenvalue weighted by atomic mass is 19.4. The van der Waals surface area contributed by atoms with Crippen molar-refractivity contribution < 1.29 is 22.6 Å². The summed E-state index contributed by atoms with van der Waals surface area (Å²) in [5.41, 5.74) is 4.86. The summed E-state index contributed by atoms with van der Waals surface area (Å²) in [5, 5.41) is 0. The molecule has 2 aliphatic carbocycles. The Labute approximate surface area is 184 Å². The first kappa shape index (κ1) is 19.8. The third kappa shape index (κ3) is 3.47. The van der Waals surface area contributed by atoms with Gasteiger partial charge in [-0.2, -0.15) is 13.2 Å². The van der Waals surface area contributed by atoms with Crippen LogP contribution in [0.2, 0.25) is 0 Å². The molecule has 3 atom stereocenters. The lowest BCUT2D eigenvalue weighted by atomic mass is 9.89. The van der Waals surface area contributed by atoms with Crippen LogP contribution in [0, 0.1) is 5.92 Å². The quantitative estimate of drug-likeness (QED) is 0.502. The highest BCUT2D eigenvalue weighted by Gasteiger charge is 2.45. The lowest BCUT2D eigenvalue weighted by Gasteiger charge is -2.29. The molecule has 1 fully saturated rings. The minimum absolute atomic E-state index is 0.151. The van der Waals surface area contributed by atoms with Crippen LogP contribution in [0.4, 0.5) is 13.2 Å². The van der Waals surface area contributed by atoms with E-state index < -0.39 is 17.8 Å². The number of nitrogens with zero attached hydrogens (tertiary/aromatic N) is 1. The van der Waals surface area contributed by atoms with Crippen molar-refractivity contribution >= 4 is 0 Å². The Bertz CT molecular complexity index is 1190. The molecule has 3 nitrogen and oxygen atoms in total. The summed E-state index contributed by atoms with van der Waals surface area (Å²) in [7, 11) is 0. The van der Waals surface area contributed by atoms with Gasteiger partial charge in [-0.25, -0.2) is 4.98 Å². The van der Waals surface area contributed by atoms with Crippen molar-refractivity contribution in [2.24, 2.45) is 5.92 Å². The molecule has 2 heterocycles. The van der Waals surface area contributed by atoms with E-state index in [0.29, 0.717) is 31.4 Å². The van der Waals surface area contributed by atoms with Crippen LogP contribution in [0.25, 0.3) is 0 Å². The normalized spacial score (nSPS) is 23.3. The van der Waals surface area contributed by atoms with Crippen molar-refractivity contribution in [3.8, 4) is 5.88 Å². The fraction of sp³-hybridized carbons (Fsp3) is 0.346. The molecule has 2 aromatic carbocycles. The van der Waals surface area contributed by atoms with Gasteiger partial charge in [0.25, 0.3) is 0 Å². The van der Waals surface area contributed by atoms with Gasteiger partial charge >= 0.3 is 6.18 Å². The SMILES string of the molecule is FC(F)(F)c1ccccc1C1OCCc2ccc(COc3cc4c(cn3)C3CC3C4)cc21. The number of fused-ring (bicyclic) bond motifs is 4. The monoisotopic (exact) mass is 437 g/mol. The highest BCUT2D eigenvalue weighted by Crippen LogP contribution is 2.56. The molecule has 1 saturated carbocycles. The van der Waals surface area contributed by atoms with Gasteiger partial charge in [0.1, 0.15) is 12.7 Å². The zero-order valence-corrected chi connectivity index (χ0v) is 17.4. The van der Waals surface area contributed by atoms with Crippen LogP contribution in [0.3, 0.4) is 0 Å². The molecule has 0 saturated heterocycles.